The Labute approximate surface area is 213 Å². The van der Waals surface area contributed by atoms with Crippen molar-refractivity contribution in [3.63, 3.8) is 0 Å². The van der Waals surface area contributed by atoms with E-state index in [9.17, 15) is 9.59 Å². The van der Waals surface area contributed by atoms with Crippen LogP contribution in [0.2, 0.25) is 0 Å². The Morgan fingerprint density at radius 2 is 1.66 bits per heavy atom. The molecule has 0 fully saturated rings. The van der Waals surface area contributed by atoms with Crippen molar-refractivity contribution in [2.45, 2.75) is 79.1 Å². The van der Waals surface area contributed by atoms with Crippen LogP contribution < -0.4 is 5.63 Å². The van der Waals surface area contributed by atoms with Gasteiger partial charge in [0.05, 0.1) is 15.8 Å². The summed E-state index contributed by atoms with van der Waals surface area (Å²) in [5.41, 5.74) is 0.631. The van der Waals surface area contributed by atoms with Gasteiger partial charge < -0.3 is 9.32 Å². The van der Waals surface area contributed by atoms with Gasteiger partial charge in [0.25, 0.3) is 5.91 Å². The molecule has 0 spiro atoms. The van der Waals surface area contributed by atoms with Crippen LogP contribution >= 0.6 is 11.3 Å². The second kappa shape index (κ2) is 13.6. The number of carbonyl (C=O) groups is 1. The Morgan fingerprint density at radius 3 is 2.20 bits per heavy atom. The van der Waals surface area contributed by atoms with Crippen molar-refractivity contribution < 1.29 is 9.21 Å². The molecule has 0 aliphatic heterocycles. The Balaban J connectivity index is 1.90. The first-order valence-corrected chi connectivity index (χ1v) is 14.2. The summed E-state index contributed by atoms with van der Waals surface area (Å²) < 4.78 is 5.50. The molecule has 35 heavy (non-hydrogen) atoms. The average molecular weight is 497 g/mol. The molecular formula is C29H40N2O3S. The number of hydrogen-bond acceptors (Lipinski definition) is 5. The van der Waals surface area contributed by atoms with Gasteiger partial charge in [0.15, 0.2) is 0 Å². The zero-order valence-electron chi connectivity index (χ0n) is 21.7. The van der Waals surface area contributed by atoms with E-state index in [2.05, 4.69) is 32.7 Å². The Morgan fingerprint density at radius 1 is 1.00 bits per heavy atom. The molecule has 3 rings (SSSR count). The lowest BCUT2D eigenvalue weighted by Crippen LogP contribution is -2.39. The summed E-state index contributed by atoms with van der Waals surface area (Å²) in [6.07, 6.45) is 9.10. The number of benzene rings is 1. The molecule has 0 N–H and O–H groups in total. The van der Waals surface area contributed by atoms with Crippen LogP contribution in [0.3, 0.4) is 0 Å². The Kier molecular flexibility index (Phi) is 10.5. The first kappa shape index (κ1) is 27.1. The third-order valence-electron chi connectivity index (χ3n) is 6.94. The Hall–Kier alpha value is -2.47. The van der Waals surface area contributed by atoms with Crippen LogP contribution in [0.4, 0.5) is 0 Å². The van der Waals surface area contributed by atoms with Crippen molar-refractivity contribution in [1.29, 1.82) is 0 Å². The fraction of sp³-hybridized carbons (Fsp3) is 0.552. The van der Waals surface area contributed by atoms with Gasteiger partial charge in [0.1, 0.15) is 0 Å². The predicted octanol–water partition coefficient (Wildman–Crippen LogP) is 7.79. The summed E-state index contributed by atoms with van der Waals surface area (Å²) >= 11 is 1.48. The lowest BCUT2D eigenvalue weighted by atomic mass is 9.95. The van der Waals surface area contributed by atoms with E-state index >= 15 is 0 Å². The van der Waals surface area contributed by atoms with Gasteiger partial charge in [-0.2, -0.15) is 0 Å². The number of aromatic nitrogens is 1. The predicted molar refractivity (Wildman–Crippen MR) is 146 cm³/mol. The fourth-order valence-corrected chi connectivity index (χ4v) is 5.24. The quantitative estimate of drug-likeness (QED) is 0.228. The maximum absolute atomic E-state index is 13.8. The molecule has 1 aromatic carbocycles. The second-order valence-electron chi connectivity index (χ2n) is 9.56. The van der Waals surface area contributed by atoms with Gasteiger partial charge in [-0.05, 0) is 54.3 Å². The van der Waals surface area contributed by atoms with Crippen LogP contribution in [0.1, 0.15) is 89.4 Å². The average Bonchev–Trinajstić information content (AvgIpc) is 3.42. The molecule has 0 saturated heterocycles. The van der Waals surface area contributed by atoms with Crippen molar-refractivity contribution >= 4 is 28.1 Å². The first-order chi connectivity index (χ1) is 17.0. The van der Waals surface area contributed by atoms with Crippen LogP contribution in [0.5, 0.6) is 0 Å². The number of unbranched alkanes of at least 4 members (excludes halogenated alkanes) is 2. The zero-order valence-corrected chi connectivity index (χ0v) is 22.5. The largest absolute Gasteiger partial charge is 0.402 e. The van der Waals surface area contributed by atoms with Gasteiger partial charge in [0.2, 0.25) is 5.89 Å². The topological polar surface area (TPSA) is 63.4 Å². The van der Waals surface area contributed by atoms with Crippen molar-refractivity contribution in [2.24, 2.45) is 11.8 Å². The van der Waals surface area contributed by atoms with Gasteiger partial charge in [-0.15, -0.1) is 11.3 Å². The molecular weight excluding hydrogens is 456 g/mol. The fourth-order valence-electron chi connectivity index (χ4n) is 4.59. The summed E-state index contributed by atoms with van der Waals surface area (Å²) in [6, 6.07) is 9.03. The standard InChI is InChI=1S/C29H40N2O3S/c1-5-9-12-21(7-3)19-31(20-22(8-4)13-10-6-2)28(32)23-15-16-25-24(18-23)29(33)34-27(30-25)26-14-11-17-35-26/h11,14-18,21-22H,5-10,12-13,19-20H2,1-4H3. The minimum absolute atomic E-state index is 0.00136. The smallest absolute Gasteiger partial charge is 0.347 e. The number of carbonyl (C=O) groups excluding carboxylic acids is 1. The molecule has 6 heteroatoms. The molecule has 5 nitrogen and oxygen atoms in total. The minimum Gasteiger partial charge on any atom is -0.402 e. The second-order valence-corrected chi connectivity index (χ2v) is 10.5. The SMILES string of the molecule is CCCCC(CC)CN(CC(CC)CCCC)C(=O)c1ccc2nc(-c3cccs3)oc(=O)c2c1. The number of amides is 1. The molecule has 2 atom stereocenters. The lowest BCUT2D eigenvalue weighted by Gasteiger charge is -2.31. The molecule has 0 aliphatic rings. The number of thiophene rings is 1. The molecule has 2 unspecified atom stereocenters. The van der Waals surface area contributed by atoms with Gasteiger partial charge in [-0.3, -0.25) is 4.79 Å². The molecule has 2 heterocycles. The van der Waals surface area contributed by atoms with E-state index in [1.54, 1.807) is 12.1 Å². The molecule has 190 valence electrons. The monoisotopic (exact) mass is 496 g/mol. The molecule has 0 aliphatic carbocycles. The first-order valence-electron chi connectivity index (χ1n) is 13.3. The normalized spacial score (nSPS) is 13.1. The minimum atomic E-state index is -0.455. The third kappa shape index (κ3) is 7.26. The van der Waals surface area contributed by atoms with Crippen molar-refractivity contribution in [3.05, 3.63) is 51.7 Å². The van der Waals surface area contributed by atoms with E-state index in [0.29, 0.717) is 34.2 Å². The summed E-state index contributed by atoms with van der Waals surface area (Å²) in [7, 11) is 0. The van der Waals surface area contributed by atoms with E-state index < -0.39 is 5.63 Å². The van der Waals surface area contributed by atoms with Gasteiger partial charge in [-0.25, -0.2) is 9.78 Å². The third-order valence-corrected chi connectivity index (χ3v) is 7.80. The van der Waals surface area contributed by atoms with Crippen LogP contribution in [0.15, 0.2) is 44.9 Å². The van der Waals surface area contributed by atoms with Crippen molar-refractivity contribution in [2.75, 3.05) is 13.1 Å². The van der Waals surface area contributed by atoms with E-state index in [1.165, 1.54) is 37.0 Å². The van der Waals surface area contributed by atoms with Gasteiger partial charge in [0, 0.05) is 18.7 Å². The summed E-state index contributed by atoms with van der Waals surface area (Å²) in [5.74, 6) is 1.30. The summed E-state index contributed by atoms with van der Waals surface area (Å²) in [5, 5.41) is 2.28. The maximum Gasteiger partial charge on any atom is 0.347 e. The molecule has 0 radical (unpaired) electrons. The zero-order chi connectivity index (χ0) is 25.2. The highest BCUT2D eigenvalue weighted by Gasteiger charge is 2.23. The molecule has 1 amide bonds. The van der Waals surface area contributed by atoms with Crippen LogP contribution in [-0.2, 0) is 0 Å². The lowest BCUT2D eigenvalue weighted by molar-refractivity contribution is 0.0685. The van der Waals surface area contributed by atoms with E-state index in [0.717, 1.165) is 43.6 Å². The van der Waals surface area contributed by atoms with Crippen LogP contribution in [0, 0.1) is 11.8 Å². The van der Waals surface area contributed by atoms with E-state index in [1.807, 2.05) is 28.5 Å². The van der Waals surface area contributed by atoms with Crippen molar-refractivity contribution in [3.8, 4) is 10.8 Å². The number of rotatable bonds is 14. The van der Waals surface area contributed by atoms with Gasteiger partial charge in [-0.1, -0.05) is 72.3 Å². The number of hydrogen-bond donors (Lipinski definition) is 0. The van der Waals surface area contributed by atoms with Crippen LogP contribution in [0.25, 0.3) is 21.7 Å². The van der Waals surface area contributed by atoms with Crippen LogP contribution in [-0.4, -0.2) is 28.9 Å². The summed E-state index contributed by atoms with van der Waals surface area (Å²) in [6.45, 7) is 10.4. The highest BCUT2D eigenvalue weighted by Crippen LogP contribution is 2.25. The number of nitrogens with zero attached hydrogens (tertiary/aromatic N) is 2. The molecule has 3 aromatic rings. The number of fused-ring (bicyclic) bond motifs is 1. The summed E-state index contributed by atoms with van der Waals surface area (Å²) in [4.78, 5) is 34.0. The molecule has 2 aromatic heterocycles. The molecule has 0 bridgehead atoms. The van der Waals surface area contributed by atoms with E-state index in [4.69, 9.17) is 4.42 Å². The van der Waals surface area contributed by atoms with E-state index in [-0.39, 0.29) is 5.91 Å². The maximum atomic E-state index is 13.8. The highest BCUT2D eigenvalue weighted by atomic mass is 32.1. The van der Waals surface area contributed by atoms with Crippen molar-refractivity contribution in [1.82, 2.24) is 9.88 Å². The molecule has 0 saturated carbocycles. The Bertz CT molecular complexity index is 1100. The highest BCUT2D eigenvalue weighted by molar-refractivity contribution is 7.13. The van der Waals surface area contributed by atoms with Gasteiger partial charge >= 0.3 is 5.63 Å².